The van der Waals surface area contributed by atoms with Gasteiger partial charge in [0.1, 0.15) is 0 Å². The minimum Gasteiger partial charge on any atom is -0.550 e. The number of carbonyl (C=O) groups excluding carboxylic acids is 2. The quantitative estimate of drug-likeness (QED) is 0.710. The Morgan fingerprint density at radius 3 is 2.72 bits per heavy atom. The van der Waals surface area contributed by atoms with E-state index in [0.717, 1.165) is 10.9 Å². The molecule has 0 fully saturated rings. The Morgan fingerprint density at radius 2 is 2.06 bits per heavy atom. The van der Waals surface area contributed by atoms with Crippen molar-refractivity contribution in [1.82, 2.24) is 4.57 Å². The number of aromatic nitrogens is 1. The standard InChI is InChI=1S/C13H14N2O3/c1-15-7-9(8-4-2-3-5-11(8)15)13(18)10(14)6-12(16)17/h2-5,7,10H,6,14H2,1H3,(H,16,17)/t10-/m0/s1. The molecule has 1 heterocycles. The highest BCUT2D eigenvalue weighted by atomic mass is 16.4. The van der Waals surface area contributed by atoms with Crippen molar-refractivity contribution in [3.8, 4) is 0 Å². The number of fused-ring (bicyclic) bond motifs is 1. The van der Waals surface area contributed by atoms with Crippen LogP contribution in [-0.4, -0.2) is 22.4 Å². The number of aliphatic carboxylic acids is 1. The molecule has 18 heavy (non-hydrogen) atoms. The number of carbonyl (C=O) groups is 2. The number of hydrogen-bond acceptors (Lipinski definition) is 3. The lowest BCUT2D eigenvalue weighted by molar-refractivity contribution is -0.404. The molecule has 1 atom stereocenters. The first kappa shape index (κ1) is 12.3. The fourth-order valence-corrected chi connectivity index (χ4v) is 2.05. The Morgan fingerprint density at radius 1 is 1.39 bits per heavy atom. The molecule has 0 bridgehead atoms. The van der Waals surface area contributed by atoms with Gasteiger partial charge in [-0.1, -0.05) is 18.2 Å². The monoisotopic (exact) mass is 246 g/mol. The molecule has 2 rings (SSSR count). The highest BCUT2D eigenvalue weighted by Crippen LogP contribution is 2.21. The molecule has 0 aliphatic carbocycles. The maximum Gasteiger partial charge on any atom is 0.222 e. The second-order valence-electron chi connectivity index (χ2n) is 4.31. The average molecular weight is 246 g/mol. The SMILES string of the molecule is Cn1cc(C(=O)[C@@H]([NH3+])CC(=O)[O-])c2ccccc21. The molecule has 0 radical (unpaired) electrons. The molecule has 0 saturated heterocycles. The van der Waals surface area contributed by atoms with Gasteiger partial charge in [-0.2, -0.15) is 0 Å². The summed E-state index contributed by atoms with van der Waals surface area (Å²) in [5.74, 6) is -1.53. The number of quaternary nitrogens is 1. The lowest BCUT2D eigenvalue weighted by atomic mass is 10.0. The van der Waals surface area contributed by atoms with E-state index in [9.17, 15) is 14.7 Å². The van der Waals surface area contributed by atoms with Crippen LogP contribution in [0.4, 0.5) is 0 Å². The van der Waals surface area contributed by atoms with Crippen LogP contribution in [0, 0.1) is 0 Å². The fourth-order valence-electron chi connectivity index (χ4n) is 2.05. The van der Waals surface area contributed by atoms with Gasteiger partial charge in [-0.15, -0.1) is 0 Å². The van der Waals surface area contributed by atoms with Gasteiger partial charge < -0.3 is 20.2 Å². The van der Waals surface area contributed by atoms with E-state index in [0.29, 0.717) is 5.56 Å². The molecular weight excluding hydrogens is 232 g/mol. The van der Waals surface area contributed by atoms with Crippen molar-refractivity contribution in [3.05, 3.63) is 36.0 Å². The van der Waals surface area contributed by atoms with E-state index < -0.39 is 12.0 Å². The number of para-hydroxylation sites is 1. The maximum atomic E-state index is 12.1. The third-order valence-corrected chi connectivity index (χ3v) is 2.95. The largest absolute Gasteiger partial charge is 0.550 e. The van der Waals surface area contributed by atoms with E-state index in [-0.39, 0.29) is 12.2 Å². The summed E-state index contributed by atoms with van der Waals surface area (Å²) in [7, 11) is 1.84. The summed E-state index contributed by atoms with van der Waals surface area (Å²) in [6.45, 7) is 0. The van der Waals surface area contributed by atoms with Gasteiger partial charge in [0, 0.05) is 42.1 Å². The van der Waals surface area contributed by atoms with Gasteiger partial charge in [0.25, 0.3) is 0 Å². The Labute approximate surface area is 104 Å². The second-order valence-corrected chi connectivity index (χ2v) is 4.31. The Balaban J connectivity index is 2.42. The van der Waals surface area contributed by atoms with Crippen LogP contribution in [0.3, 0.4) is 0 Å². The molecule has 0 amide bonds. The summed E-state index contributed by atoms with van der Waals surface area (Å²) in [5.41, 5.74) is 5.03. The van der Waals surface area contributed by atoms with Gasteiger partial charge in [0.05, 0.1) is 0 Å². The fraction of sp³-hybridized carbons (Fsp3) is 0.231. The molecule has 1 aromatic heterocycles. The van der Waals surface area contributed by atoms with Gasteiger partial charge in [-0.05, 0) is 6.07 Å². The number of benzene rings is 1. The van der Waals surface area contributed by atoms with Gasteiger partial charge >= 0.3 is 0 Å². The number of rotatable bonds is 4. The molecule has 0 aliphatic rings. The van der Waals surface area contributed by atoms with Crippen LogP contribution in [0.15, 0.2) is 30.5 Å². The lowest BCUT2D eigenvalue weighted by Crippen LogP contribution is -2.66. The summed E-state index contributed by atoms with van der Waals surface area (Å²) >= 11 is 0. The number of nitrogens with zero attached hydrogens (tertiary/aromatic N) is 1. The molecule has 5 heteroatoms. The van der Waals surface area contributed by atoms with E-state index in [1.807, 2.05) is 35.9 Å². The van der Waals surface area contributed by atoms with Crippen molar-refractivity contribution in [2.24, 2.45) is 7.05 Å². The molecule has 0 spiro atoms. The van der Waals surface area contributed by atoms with Crippen LogP contribution >= 0.6 is 0 Å². The predicted octanol–water partition coefficient (Wildman–Crippen LogP) is -0.888. The number of carboxylic acid groups (broad SMARTS) is 1. The zero-order valence-electron chi connectivity index (χ0n) is 10.1. The van der Waals surface area contributed by atoms with Crippen LogP contribution in [0.5, 0.6) is 0 Å². The molecule has 0 aliphatic heterocycles. The van der Waals surface area contributed by atoms with Gasteiger partial charge in [-0.3, -0.25) is 4.79 Å². The number of ketones is 1. The van der Waals surface area contributed by atoms with Crippen LogP contribution < -0.4 is 10.8 Å². The van der Waals surface area contributed by atoms with Gasteiger partial charge in [0.2, 0.25) is 5.78 Å². The molecule has 2 aromatic rings. The summed E-state index contributed by atoms with van der Waals surface area (Å²) in [5, 5.41) is 11.3. The average Bonchev–Trinajstić information content (AvgIpc) is 2.66. The number of carboxylic acids is 1. The molecule has 5 nitrogen and oxygen atoms in total. The summed E-state index contributed by atoms with van der Waals surface area (Å²) in [6.07, 6.45) is 1.35. The highest BCUT2D eigenvalue weighted by molar-refractivity contribution is 6.10. The first-order chi connectivity index (χ1) is 8.50. The summed E-state index contributed by atoms with van der Waals surface area (Å²) in [6, 6.07) is 6.66. The van der Waals surface area contributed by atoms with E-state index in [1.54, 1.807) is 6.20 Å². The minimum absolute atomic E-state index is 0.268. The molecule has 0 saturated carbocycles. The van der Waals surface area contributed by atoms with Crippen LogP contribution in [-0.2, 0) is 11.8 Å². The molecule has 94 valence electrons. The van der Waals surface area contributed by atoms with Crippen molar-refractivity contribution < 1.29 is 20.4 Å². The smallest absolute Gasteiger partial charge is 0.222 e. The topological polar surface area (TPSA) is 89.8 Å². The van der Waals surface area contributed by atoms with Crippen LogP contribution in [0.25, 0.3) is 10.9 Å². The Hall–Kier alpha value is -2.14. The number of hydrogen-bond donors (Lipinski definition) is 1. The third-order valence-electron chi connectivity index (χ3n) is 2.95. The van der Waals surface area contributed by atoms with E-state index in [2.05, 4.69) is 5.73 Å². The van der Waals surface area contributed by atoms with Crippen molar-refractivity contribution in [3.63, 3.8) is 0 Å². The third kappa shape index (κ3) is 2.12. The molecular formula is C13H14N2O3. The van der Waals surface area contributed by atoms with Crippen LogP contribution in [0.2, 0.25) is 0 Å². The van der Waals surface area contributed by atoms with E-state index in [1.165, 1.54) is 0 Å². The normalized spacial score (nSPS) is 12.6. The number of aryl methyl sites for hydroxylation is 1. The first-order valence-corrected chi connectivity index (χ1v) is 5.62. The highest BCUT2D eigenvalue weighted by Gasteiger charge is 2.22. The van der Waals surface area contributed by atoms with E-state index in [4.69, 9.17) is 0 Å². The first-order valence-electron chi connectivity index (χ1n) is 5.62. The van der Waals surface area contributed by atoms with Crippen molar-refractivity contribution in [2.45, 2.75) is 12.5 Å². The Bertz CT molecular complexity index is 616. The summed E-state index contributed by atoms with van der Waals surface area (Å²) in [4.78, 5) is 22.6. The molecule has 1 aromatic carbocycles. The molecule has 0 unspecified atom stereocenters. The Kier molecular flexibility index (Phi) is 3.16. The van der Waals surface area contributed by atoms with Crippen molar-refractivity contribution in [1.29, 1.82) is 0 Å². The van der Waals surface area contributed by atoms with Crippen molar-refractivity contribution >= 4 is 22.7 Å². The number of Topliss-reactive ketones (excluding diaryl/α,β-unsaturated/α-hetero) is 1. The zero-order valence-corrected chi connectivity index (χ0v) is 10.1. The van der Waals surface area contributed by atoms with E-state index >= 15 is 0 Å². The minimum atomic E-state index is -1.26. The molecule has 3 N–H and O–H groups in total. The predicted molar refractivity (Wildman–Crippen MR) is 63.5 cm³/mol. The van der Waals surface area contributed by atoms with Gasteiger partial charge in [-0.25, -0.2) is 0 Å². The summed E-state index contributed by atoms with van der Waals surface area (Å²) < 4.78 is 1.84. The van der Waals surface area contributed by atoms with Crippen molar-refractivity contribution in [2.75, 3.05) is 0 Å². The van der Waals surface area contributed by atoms with Crippen LogP contribution in [0.1, 0.15) is 16.8 Å². The second kappa shape index (κ2) is 4.62. The zero-order chi connectivity index (χ0) is 13.3. The lowest BCUT2D eigenvalue weighted by Gasteiger charge is -2.07. The maximum absolute atomic E-state index is 12.1. The van der Waals surface area contributed by atoms with Gasteiger partial charge in [0.15, 0.2) is 6.04 Å².